The Morgan fingerprint density at radius 1 is 1.31 bits per heavy atom. The molecule has 0 saturated heterocycles. The van der Waals surface area contributed by atoms with E-state index in [9.17, 15) is 9.59 Å². The second kappa shape index (κ2) is 6.22. The van der Waals surface area contributed by atoms with Gasteiger partial charge in [0.05, 0.1) is 6.42 Å². The highest BCUT2D eigenvalue weighted by Gasteiger charge is 2.06. The molecule has 0 heterocycles. The van der Waals surface area contributed by atoms with Gasteiger partial charge >= 0.3 is 11.9 Å². The lowest BCUT2D eigenvalue weighted by Gasteiger charge is -1.99. The van der Waals surface area contributed by atoms with Crippen LogP contribution in [0.15, 0.2) is 11.6 Å². The topological polar surface area (TPSA) is 74.6 Å². The van der Waals surface area contributed by atoms with Crippen molar-refractivity contribution >= 4 is 11.9 Å². The molecule has 0 amide bonds. The molecule has 0 spiro atoms. The zero-order valence-corrected chi connectivity index (χ0v) is 7.62. The summed E-state index contributed by atoms with van der Waals surface area (Å²) in [5, 5.41) is 17.0. The first-order valence-corrected chi connectivity index (χ1v) is 4.22. The lowest BCUT2D eigenvalue weighted by atomic mass is 10.1. The molecule has 74 valence electrons. The van der Waals surface area contributed by atoms with Crippen LogP contribution in [-0.4, -0.2) is 22.2 Å². The summed E-state index contributed by atoms with van der Waals surface area (Å²) >= 11 is 0. The Kier molecular flexibility index (Phi) is 5.59. The molecule has 0 saturated carbocycles. The fourth-order valence-corrected chi connectivity index (χ4v) is 0.874. The highest BCUT2D eigenvalue weighted by Crippen LogP contribution is 2.08. The van der Waals surface area contributed by atoms with Crippen LogP contribution < -0.4 is 0 Å². The summed E-state index contributed by atoms with van der Waals surface area (Å²) in [4.78, 5) is 20.7. The average molecular weight is 186 g/mol. The van der Waals surface area contributed by atoms with Gasteiger partial charge in [-0.2, -0.15) is 0 Å². The SMILES string of the molecule is CCCC/C(=C/CC(=O)O)C(=O)O. The minimum atomic E-state index is -1.02. The molecular weight excluding hydrogens is 172 g/mol. The molecule has 0 fully saturated rings. The molecule has 0 atom stereocenters. The third-order valence-electron chi connectivity index (χ3n) is 1.60. The smallest absolute Gasteiger partial charge is 0.331 e. The number of hydrogen-bond acceptors (Lipinski definition) is 2. The summed E-state index contributed by atoms with van der Waals surface area (Å²) in [7, 11) is 0. The maximum atomic E-state index is 10.6. The predicted octanol–water partition coefficient (Wildman–Crippen LogP) is 1.66. The van der Waals surface area contributed by atoms with E-state index in [0.717, 1.165) is 12.8 Å². The monoisotopic (exact) mass is 186 g/mol. The maximum absolute atomic E-state index is 10.6. The number of aliphatic carboxylic acids is 2. The molecule has 0 bridgehead atoms. The molecule has 13 heavy (non-hydrogen) atoms. The molecule has 2 N–H and O–H groups in total. The number of rotatable bonds is 6. The fourth-order valence-electron chi connectivity index (χ4n) is 0.874. The zero-order chi connectivity index (χ0) is 10.3. The zero-order valence-electron chi connectivity index (χ0n) is 7.62. The largest absolute Gasteiger partial charge is 0.481 e. The normalized spacial score (nSPS) is 11.3. The van der Waals surface area contributed by atoms with E-state index in [2.05, 4.69) is 0 Å². The van der Waals surface area contributed by atoms with Crippen LogP contribution in [0.25, 0.3) is 0 Å². The minimum Gasteiger partial charge on any atom is -0.481 e. The number of carboxylic acids is 2. The van der Waals surface area contributed by atoms with E-state index >= 15 is 0 Å². The molecule has 0 aromatic carbocycles. The van der Waals surface area contributed by atoms with E-state index in [1.54, 1.807) is 0 Å². The Morgan fingerprint density at radius 2 is 1.92 bits per heavy atom. The van der Waals surface area contributed by atoms with Crippen molar-refractivity contribution in [2.75, 3.05) is 0 Å². The van der Waals surface area contributed by atoms with Gasteiger partial charge in [-0.3, -0.25) is 4.79 Å². The summed E-state index contributed by atoms with van der Waals surface area (Å²) < 4.78 is 0. The van der Waals surface area contributed by atoms with Crippen LogP contribution in [0.3, 0.4) is 0 Å². The van der Waals surface area contributed by atoms with Crippen LogP contribution in [0.2, 0.25) is 0 Å². The van der Waals surface area contributed by atoms with Crippen LogP contribution >= 0.6 is 0 Å². The molecule has 4 heteroatoms. The molecule has 0 unspecified atom stereocenters. The molecule has 0 aliphatic rings. The van der Waals surface area contributed by atoms with Gasteiger partial charge in [-0.25, -0.2) is 4.79 Å². The van der Waals surface area contributed by atoms with Gasteiger partial charge in [-0.15, -0.1) is 0 Å². The summed E-state index contributed by atoms with van der Waals surface area (Å²) in [5.74, 6) is -2.02. The van der Waals surface area contributed by atoms with Gasteiger partial charge in [0.15, 0.2) is 0 Å². The van der Waals surface area contributed by atoms with E-state index in [0.29, 0.717) is 6.42 Å². The van der Waals surface area contributed by atoms with Gasteiger partial charge in [0.1, 0.15) is 0 Å². The van der Waals surface area contributed by atoms with Crippen LogP contribution in [-0.2, 0) is 9.59 Å². The summed E-state index contributed by atoms with van der Waals surface area (Å²) in [5.41, 5.74) is 0.198. The van der Waals surface area contributed by atoms with E-state index in [-0.39, 0.29) is 12.0 Å². The van der Waals surface area contributed by atoms with Crippen molar-refractivity contribution < 1.29 is 19.8 Å². The molecule has 0 aliphatic carbocycles. The van der Waals surface area contributed by atoms with E-state index in [1.165, 1.54) is 6.08 Å². The van der Waals surface area contributed by atoms with Gasteiger partial charge in [-0.05, 0) is 12.8 Å². The average Bonchev–Trinajstić information content (AvgIpc) is 2.03. The van der Waals surface area contributed by atoms with E-state index in [4.69, 9.17) is 10.2 Å². The molecular formula is C9H14O4. The van der Waals surface area contributed by atoms with Crippen molar-refractivity contribution in [3.05, 3.63) is 11.6 Å². The number of unbranched alkanes of at least 4 members (excludes halogenated alkanes) is 1. The third-order valence-corrected chi connectivity index (χ3v) is 1.60. The van der Waals surface area contributed by atoms with Crippen LogP contribution in [0.5, 0.6) is 0 Å². The Labute approximate surface area is 76.9 Å². The quantitative estimate of drug-likeness (QED) is 0.618. The summed E-state index contributed by atoms with van der Waals surface area (Å²) in [6.07, 6.45) is 3.17. The minimum absolute atomic E-state index is 0.198. The highest BCUT2D eigenvalue weighted by molar-refractivity contribution is 5.87. The van der Waals surface area contributed by atoms with Crippen LogP contribution in [0.4, 0.5) is 0 Å². The first-order chi connectivity index (χ1) is 6.07. The lowest BCUT2D eigenvalue weighted by Crippen LogP contribution is -2.02. The van der Waals surface area contributed by atoms with E-state index in [1.807, 2.05) is 6.92 Å². The first kappa shape index (κ1) is 11.7. The lowest BCUT2D eigenvalue weighted by molar-refractivity contribution is -0.136. The molecule has 4 nitrogen and oxygen atoms in total. The second-order valence-electron chi connectivity index (χ2n) is 2.74. The van der Waals surface area contributed by atoms with Crippen molar-refractivity contribution in [3.63, 3.8) is 0 Å². The van der Waals surface area contributed by atoms with Gasteiger partial charge < -0.3 is 10.2 Å². The predicted molar refractivity (Wildman–Crippen MR) is 47.5 cm³/mol. The number of hydrogen-bond donors (Lipinski definition) is 2. The molecule has 0 aromatic rings. The number of carbonyl (C=O) groups is 2. The number of carboxylic acid groups (broad SMARTS) is 2. The van der Waals surface area contributed by atoms with Crippen molar-refractivity contribution in [2.45, 2.75) is 32.6 Å². The maximum Gasteiger partial charge on any atom is 0.331 e. The Hall–Kier alpha value is -1.32. The van der Waals surface area contributed by atoms with Crippen molar-refractivity contribution in [2.24, 2.45) is 0 Å². The molecule has 0 aromatic heterocycles. The highest BCUT2D eigenvalue weighted by atomic mass is 16.4. The fraction of sp³-hybridized carbons (Fsp3) is 0.556. The third kappa shape index (κ3) is 5.90. The summed E-state index contributed by atoms with van der Waals surface area (Å²) in [6.45, 7) is 1.96. The van der Waals surface area contributed by atoms with Crippen LogP contribution in [0, 0.1) is 0 Å². The second-order valence-corrected chi connectivity index (χ2v) is 2.74. The Morgan fingerprint density at radius 3 is 2.31 bits per heavy atom. The Bertz CT molecular complexity index is 218. The van der Waals surface area contributed by atoms with Gasteiger partial charge in [0.2, 0.25) is 0 Å². The summed E-state index contributed by atoms with van der Waals surface area (Å²) in [6, 6.07) is 0. The van der Waals surface area contributed by atoms with Crippen LogP contribution in [0.1, 0.15) is 32.6 Å². The van der Waals surface area contributed by atoms with Gasteiger partial charge in [0, 0.05) is 5.57 Å². The first-order valence-electron chi connectivity index (χ1n) is 4.22. The molecule has 0 rings (SSSR count). The molecule has 0 aliphatic heterocycles. The standard InChI is InChI=1S/C9H14O4/c1-2-3-4-7(9(12)13)5-6-8(10)11/h5H,2-4,6H2,1H3,(H,10,11)(H,12,13)/b7-5-. The molecule has 0 radical (unpaired) electrons. The Balaban J connectivity index is 4.15. The van der Waals surface area contributed by atoms with Gasteiger partial charge in [-0.1, -0.05) is 19.4 Å². The van der Waals surface area contributed by atoms with Crippen molar-refractivity contribution in [1.29, 1.82) is 0 Å². The van der Waals surface area contributed by atoms with Gasteiger partial charge in [0.25, 0.3) is 0 Å². The van der Waals surface area contributed by atoms with Crippen molar-refractivity contribution in [3.8, 4) is 0 Å². The van der Waals surface area contributed by atoms with E-state index < -0.39 is 11.9 Å². The van der Waals surface area contributed by atoms with Crippen molar-refractivity contribution in [1.82, 2.24) is 0 Å².